The van der Waals surface area contributed by atoms with Gasteiger partial charge in [0.05, 0.1) is 21.8 Å². The van der Waals surface area contributed by atoms with Gasteiger partial charge in [-0.25, -0.2) is 19.2 Å². The maximum absolute atomic E-state index is 14.7. The Morgan fingerprint density at radius 1 is 1.11 bits per heavy atom. The number of nitrogens with zero attached hydrogens (tertiary/aromatic N) is 4. The molecule has 4 aromatic rings. The number of benzene rings is 2. The van der Waals surface area contributed by atoms with Gasteiger partial charge in [-0.2, -0.15) is 0 Å². The van der Waals surface area contributed by atoms with Crippen LogP contribution in [0.3, 0.4) is 0 Å². The average Bonchev–Trinajstić information content (AvgIpc) is 2.85. The highest BCUT2D eigenvalue weighted by Crippen LogP contribution is 2.42. The highest BCUT2D eigenvalue weighted by Gasteiger charge is 2.30. The van der Waals surface area contributed by atoms with Crippen LogP contribution in [0.2, 0.25) is 5.02 Å². The third-order valence-corrected chi connectivity index (χ3v) is 6.94. The van der Waals surface area contributed by atoms with E-state index in [2.05, 4.69) is 0 Å². The Morgan fingerprint density at radius 2 is 1.81 bits per heavy atom. The zero-order valence-corrected chi connectivity index (χ0v) is 20.6. The number of rotatable bonds is 3. The van der Waals surface area contributed by atoms with Crippen molar-refractivity contribution >= 4 is 40.2 Å². The molecule has 1 aliphatic heterocycles. The van der Waals surface area contributed by atoms with E-state index in [1.165, 1.54) is 11.0 Å². The molecule has 1 amide bonds. The van der Waals surface area contributed by atoms with Crippen LogP contribution in [-0.2, 0) is 0 Å². The Morgan fingerprint density at radius 3 is 2.47 bits per heavy atom. The molecule has 9 heteroatoms. The number of piperazine rings is 1. The summed E-state index contributed by atoms with van der Waals surface area (Å²) >= 11 is 6.70. The van der Waals surface area contributed by atoms with Gasteiger partial charge in [0.15, 0.2) is 0 Å². The minimum Gasteiger partial charge on any atom is -0.465 e. The maximum atomic E-state index is 14.7. The standard InChI is InChI=1S/C27H25ClFN5O2/c1-15-7-3-4-8-17(15)22-24-19(13-20(28)23(31-24)18-9-5-6-10-21(18)29)26(32-25(22)30)34-12-11-33(27(35)36)14-16(34)2/h3-10,13,16H,11-12,14H2,1-2H3,(H2,30,32)(H,35,36). The summed E-state index contributed by atoms with van der Waals surface area (Å²) in [4.78, 5) is 24.6. The Bertz CT molecular complexity index is 1500. The van der Waals surface area contributed by atoms with Gasteiger partial charge in [-0.15, -0.1) is 0 Å². The summed E-state index contributed by atoms with van der Waals surface area (Å²) in [5.41, 5.74) is 10.3. The molecule has 1 unspecified atom stereocenters. The first kappa shape index (κ1) is 23.8. The van der Waals surface area contributed by atoms with Crippen LogP contribution in [0.5, 0.6) is 0 Å². The number of nitrogen functional groups attached to an aromatic ring is 1. The van der Waals surface area contributed by atoms with E-state index >= 15 is 0 Å². The van der Waals surface area contributed by atoms with E-state index in [-0.39, 0.29) is 16.9 Å². The predicted octanol–water partition coefficient (Wildman–Crippen LogP) is 5.84. The molecule has 5 rings (SSSR count). The Labute approximate surface area is 212 Å². The van der Waals surface area contributed by atoms with Gasteiger partial charge < -0.3 is 20.6 Å². The van der Waals surface area contributed by atoms with Crippen LogP contribution in [0.1, 0.15) is 12.5 Å². The number of nitrogens with two attached hydrogens (primary N) is 1. The minimum atomic E-state index is -0.951. The van der Waals surface area contributed by atoms with Crippen LogP contribution >= 0.6 is 11.6 Å². The number of carboxylic acid groups (broad SMARTS) is 1. The lowest BCUT2D eigenvalue weighted by Crippen LogP contribution is -2.53. The van der Waals surface area contributed by atoms with Gasteiger partial charge >= 0.3 is 6.09 Å². The second kappa shape index (κ2) is 9.28. The van der Waals surface area contributed by atoms with Crippen molar-refractivity contribution < 1.29 is 14.3 Å². The zero-order valence-electron chi connectivity index (χ0n) is 19.9. The van der Waals surface area contributed by atoms with Gasteiger partial charge in [0.25, 0.3) is 0 Å². The van der Waals surface area contributed by atoms with Crippen molar-refractivity contribution in [2.75, 3.05) is 30.3 Å². The quantitative estimate of drug-likeness (QED) is 0.363. The van der Waals surface area contributed by atoms with Crippen LogP contribution in [0.25, 0.3) is 33.3 Å². The molecular formula is C27H25ClFN5O2. The Kier molecular flexibility index (Phi) is 6.14. The van der Waals surface area contributed by atoms with Gasteiger partial charge in [-0.05, 0) is 43.2 Å². The summed E-state index contributed by atoms with van der Waals surface area (Å²) in [6.45, 7) is 5.01. The van der Waals surface area contributed by atoms with E-state index in [1.807, 2.05) is 43.0 Å². The molecule has 1 saturated heterocycles. The van der Waals surface area contributed by atoms with Crippen molar-refractivity contribution in [1.82, 2.24) is 14.9 Å². The van der Waals surface area contributed by atoms with Crippen LogP contribution in [0.4, 0.5) is 20.8 Å². The molecule has 1 aliphatic rings. The minimum absolute atomic E-state index is 0.153. The van der Waals surface area contributed by atoms with Crippen LogP contribution in [0, 0.1) is 12.7 Å². The fourth-order valence-electron chi connectivity index (χ4n) is 4.83. The van der Waals surface area contributed by atoms with E-state index in [0.29, 0.717) is 53.2 Å². The second-order valence-electron chi connectivity index (χ2n) is 8.98. The molecule has 1 fully saturated rings. The van der Waals surface area contributed by atoms with Crippen molar-refractivity contribution in [2.24, 2.45) is 0 Å². The number of anilines is 2. The molecule has 0 aliphatic carbocycles. The Hall–Kier alpha value is -3.91. The first-order chi connectivity index (χ1) is 17.3. The summed E-state index contributed by atoms with van der Waals surface area (Å²) in [7, 11) is 0. The number of aromatic nitrogens is 2. The van der Waals surface area contributed by atoms with Crippen molar-refractivity contribution in [2.45, 2.75) is 19.9 Å². The number of fused-ring (bicyclic) bond motifs is 1. The lowest BCUT2D eigenvalue weighted by molar-refractivity contribution is 0.136. The van der Waals surface area contributed by atoms with E-state index in [9.17, 15) is 14.3 Å². The molecule has 7 nitrogen and oxygen atoms in total. The molecule has 0 saturated carbocycles. The molecule has 36 heavy (non-hydrogen) atoms. The van der Waals surface area contributed by atoms with Gasteiger partial charge in [-0.1, -0.05) is 48.0 Å². The van der Waals surface area contributed by atoms with E-state index in [0.717, 1.165) is 11.1 Å². The smallest absolute Gasteiger partial charge is 0.407 e. The number of halogens is 2. The highest BCUT2D eigenvalue weighted by molar-refractivity contribution is 6.34. The number of amides is 1. The molecule has 1 atom stereocenters. The summed E-state index contributed by atoms with van der Waals surface area (Å²) in [5, 5.41) is 10.4. The topological polar surface area (TPSA) is 95.6 Å². The molecule has 0 spiro atoms. The summed E-state index contributed by atoms with van der Waals surface area (Å²) in [6, 6.07) is 15.8. The molecule has 184 valence electrons. The first-order valence-electron chi connectivity index (χ1n) is 11.6. The number of aryl methyl sites for hydroxylation is 1. The Balaban J connectivity index is 1.78. The number of hydrogen-bond acceptors (Lipinski definition) is 5. The van der Waals surface area contributed by atoms with Gasteiger partial charge in [-0.3, -0.25) is 0 Å². The molecule has 2 aromatic carbocycles. The van der Waals surface area contributed by atoms with Crippen LogP contribution in [0.15, 0.2) is 54.6 Å². The molecule has 0 bridgehead atoms. The van der Waals surface area contributed by atoms with Gasteiger partial charge in [0, 0.05) is 36.6 Å². The van der Waals surface area contributed by atoms with Crippen molar-refractivity contribution in [3.8, 4) is 22.4 Å². The maximum Gasteiger partial charge on any atom is 0.407 e. The summed E-state index contributed by atoms with van der Waals surface area (Å²) in [6.07, 6.45) is -0.951. The average molecular weight is 506 g/mol. The number of hydrogen-bond donors (Lipinski definition) is 2. The normalized spacial score (nSPS) is 15.9. The zero-order chi connectivity index (χ0) is 25.6. The second-order valence-corrected chi connectivity index (χ2v) is 9.38. The van der Waals surface area contributed by atoms with E-state index in [4.69, 9.17) is 27.3 Å². The van der Waals surface area contributed by atoms with Crippen molar-refractivity contribution in [3.05, 3.63) is 71.0 Å². The first-order valence-corrected chi connectivity index (χ1v) is 12.0. The summed E-state index contributed by atoms with van der Waals surface area (Å²) < 4.78 is 14.7. The fourth-order valence-corrected chi connectivity index (χ4v) is 5.08. The van der Waals surface area contributed by atoms with Gasteiger partial charge in [0.1, 0.15) is 17.5 Å². The van der Waals surface area contributed by atoms with Crippen molar-refractivity contribution in [3.63, 3.8) is 0 Å². The summed E-state index contributed by atoms with van der Waals surface area (Å²) in [5.74, 6) is 0.435. The van der Waals surface area contributed by atoms with E-state index in [1.54, 1.807) is 24.3 Å². The van der Waals surface area contributed by atoms with Crippen LogP contribution < -0.4 is 10.6 Å². The molecule has 3 heterocycles. The fraction of sp³-hybridized carbons (Fsp3) is 0.222. The third kappa shape index (κ3) is 4.07. The SMILES string of the molecule is Cc1ccccc1-c1c(N)nc(N2CCN(C(=O)O)CC2C)c2cc(Cl)c(-c3ccccc3F)nc12. The molecule has 0 radical (unpaired) electrons. The highest BCUT2D eigenvalue weighted by atomic mass is 35.5. The van der Waals surface area contributed by atoms with Crippen LogP contribution in [-0.4, -0.2) is 51.7 Å². The lowest BCUT2D eigenvalue weighted by atomic mass is 9.97. The predicted molar refractivity (Wildman–Crippen MR) is 141 cm³/mol. The number of carbonyl (C=O) groups is 1. The third-order valence-electron chi connectivity index (χ3n) is 6.65. The largest absolute Gasteiger partial charge is 0.465 e. The monoisotopic (exact) mass is 505 g/mol. The molecule has 3 N–H and O–H groups in total. The molecule has 2 aromatic heterocycles. The lowest BCUT2D eigenvalue weighted by Gasteiger charge is -2.40. The van der Waals surface area contributed by atoms with Gasteiger partial charge in [0.2, 0.25) is 0 Å². The molecular weight excluding hydrogens is 481 g/mol. The van der Waals surface area contributed by atoms with Crippen molar-refractivity contribution in [1.29, 1.82) is 0 Å². The van der Waals surface area contributed by atoms with E-state index < -0.39 is 11.9 Å². The number of pyridine rings is 2.